The largest absolute Gasteiger partial charge is 0.180 e. The second kappa shape index (κ2) is 7.23. The number of hydrogen-bond acceptors (Lipinski definition) is 2. The number of hydrogen-bond donors (Lipinski definition) is 0. The molecule has 0 spiro atoms. The SMILES string of the molecule is CC.Cc1cccc(C)c1/C(Cl)=N\OF. The van der Waals surface area contributed by atoms with Crippen LogP contribution in [0.2, 0.25) is 0 Å². The van der Waals surface area contributed by atoms with Crippen LogP contribution >= 0.6 is 11.6 Å². The zero-order valence-corrected chi connectivity index (χ0v) is 10.1. The fraction of sp³-hybridized carbons (Fsp3) is 0.364. The van der Waals surface area contributed by atoms with Crippen LogP contribution in [0.3, 0.4) is 0 Å². The molecule has 0 aromatic heterocycles. The van der Waals surface area contributed by atoms with Crippen LogP contribution in [0.1, 0.15) is 30.5 Å². The van der Waals surface area contributed by atoms with Crippen molar-refractivity contribution in [3.8, 4) is 0 Å². The van der Waals surface area contributed by atoms with Crippen molar-refractivity contribution in [1.29, 1.82) is 0 Å². The Morgan fingerprint density at radius 3 is 2.13 bits per heavy atom. The second-order valence-corrected chi connectivity index (χ2v) is 3.08. The lowest BCUT2D eigenvalue weighted by atomic mass is 10.0. The monoisotopic (exact) mass is 231 g/mol. The minimum atomic E-state index is 0.0260. The summed E-state index contributed by atoms with van der Waals surface area (Å²) in [6, 6.07) is 5.64. The summed E-state index contributed by atoms with van der Waals surface area (Å²) in [5.41, 5.74) is 2.58. The van der Waals surface area contributed by atoms with Gasteiger partial charge in [0.15, 0.2) is 5.17 Å². The molecule has 0 atom stereocenters. The van der Waals surface area contributed by atoms with Gasteiger partial charge < -0.3 is 0 Å². The Hall–Kier alpha value is -1.09. The molecule has 0 heterocycles. The summed E-state index contributed by atoms with van der Waals surface area (Å²) in [5.74, 6) is 0. The van der Waals surface area contributed by atoms with Gasteiger partial charge in [0.2, 0.25) is 0 Å². The van der Waals surface area contributed by atoms with E-state index < -0.39 is 0 Å². The first-order chi connectivity index (χ1) is 7.16. The highest BCUT2D eigenvalue weighted by atomic mass is 35.5. The quantitative estimate of drug-likeness (QED) is 0.554. The fourth-order valence-corrected chi connectivity index (χ4v) is 1.54. The van der Waals surface area contributed by atoms with Crippen LogP contribution in [0, 0.1) is 13.8 Å². The first-order valence-electron chi connectivity index (χ1n) is 4.74. The van der Waals surface area contributed by atoms with Crippen molar-refractivity contribution in [2.45, 2.75) is 27.7 Å². The molecule has 1 aromatic rings. The van der Waals surface area contributed by atoms with Crippen LogP contribution in [0.4, 0.5) is 4.53 Å². The van der Waals surface area contributed by atoms with Gasteiger partial charge in [0.1, 0.15) is 0 Å². The number of oxime groups is 1. The molecular weight excluding hydrogens is 217 g/mol. The van der Waals surface area contributed by atoms with Gasteiger partial charge in [-0.25, -0.2) is 0 Å². The number of halogens is 2. The van der Waals surface area contributed by atoms with E-state index in [2.05, 4.69) is 10.2 Å². The Morgan fingerprint density at radius 1 is 1.27 bits per heavy atom. The maximum Gasteiger partial charge on any atom is 0.180 e. The molecule has 0 aliphatic heterocycles. The molecule has 0 amide bonds. The highest BCUT2D eigenvalue weighted by molar-refractivity contribution is 6.69. The van der Waals surface area contributed by atoms with Crippen molar-refractivity contribution in [3.63, 3.8) is 0 Å². The molecule has 84 valence electrons. The fourth-order valence-electron chi connectivity index (χ4n) is 1.22. The van der Waals surface area contributed by atoms with Gasteiger partial charge in [0.25, 0.3) is 0 Å². The summed E-state index contributed by atoms with van der Waals surface area (Å²) < 4.78 is 11.4. The van der Waals surface area contributed by atoms with Gasteiger partial charge in [-0.2, -0.15) is 5.04 Å². The van der Waals surface area contributed by atoms with Crippen LogP contribution in [-0.2, 0) is 5.04 Å². The predicted octanol–water partition coefficient (Wildman–Crippen LogP) is 4.13. The first-order valence-corrected chi connectivity index (χ1v) is 5.12. The third kappa shape index (κ3) is 3.88. The van der Waals surface area contributed by atoms with Crippen molar-refractivity contribution >= 4 is 16.8 Å². The van der Waals surface area contributed by atoms with E-state index in [4.69, 9.17) is 11.6 Å². The molecule has 0 bridgehead atoms. The van der Waals surface area contributed by atoms with E-state index in [9.17, 15) is 4.53 Å². The Morgan fingerprint density at radius 2 is 1.73 bits per heavy atom. The lowest BCUT2D eigenvalue weighted by Crippen LogP contribution is -1.98. The third-order valence-corrected chi connectivity index (χ3v) is 2.06. The van der Waals surface area contributed by atoms with E-state index in [1.165, 1.54) is 0 Å². The Kier molecular flexibility index (Phi) is 6.71. The van der Waals surface area contributed by atoms with Gasteiger partial charge in [-0.3, -0.25) is 0 Å². The van der Waals surface area contributed by atoms with Crippen molar-refractivity contribution in [1.82, 2.24) is 0 Å². The highest BCUT2D eigenvalue weighted by Crippen LogP contribution is 2.16. The van der Waals surface area contributed by atoms with E-state index in [0.29, 0.717) is 5.56 Å². The number of aryl methyl sites for hydroxylation is 2. The van der Waals surface area contributed by atoms with Gasteiger partial charge in [-0.1, -0.05) is 43.6 Å². The first kappa shape index (κ1) is 13.9. The van der Waals surface area contributed by atoms with Crippen molar-refractivity contribution in [3.05, 3.63) is 34.9 Å². The normalized spacial score (nSPS) is 10.4. The molecule has 15 heavy (non-hydrogen) atoms. The van der Waals surface area contributed by atoms with Crippen molar-refractivity contribution in [2.24, 2.45) is 5.16 Å². The van der Waals surface area contributed by atoms with Crippen LogP contribution < -0.4 is 0 Å². The molecule has 0 aliphatic carbocycles. The molecular formula is C11H15ClFNO. The molecule has 0 unspecified atom stereocenters. The Labute approximate surface area is 94.6 Å². The minimum absolute atomic E-state index is 0.0260. The maximum atomic E-state index is 11.4. The zero-order valence-electron chi connectivity index (χ0n) is 9.34. The average molecular weight is 232 g/mol. The van der Waals surface area contributed by atoms with Gasteiger partial charge >= 0.3 is 0 Å². The maximum absolute atomic E-state index is 11.4. The topological polar surface area (TPSA) is 21.6 Å². The van der Waals surface area contributed by atoms with Crippen molar-refractivity contribution < 1.29 is 9.57 Å². The predicted molar refractivity (Wildman–Crippen MR) is 61.8 cm³/mol. The number of rotatable bonds is 2. The van der Waals surface area contributed by atoms with Gasteiger partial charge in [0, 0.05) is 10.1 Å². The van der Waals surface area contributed by atoms with E-state index in [0.717, 1.165) is 11.1 Å². The molecule has 1 aromatic carbocycles. The van der Waals surface area contributed by atoms with E-state index in [-0.39, 0.29) is 5.17 Å². The Balaban J connectivity index is 0.000000921. The number of benzene rings is 1. The zero-order chi connectivity index (χ0) is 11.8. The van der Waals surface area contributed by atoms with Crippen LogP contribution in [0.25, 0.3) is 0 Å². The van der Waals surface area contributed by atoms with Crippen LogP contribution in [0.15, 0.2) is 23.4 Å². The smallest absolute Gasteiger partial charge is 0.172 e. The molecule has 0 radical (unpaired) electrons. The second-order valence-electron chi connectivity index (χ2n) is 2.72. The van der Waals surface area contributed by atoms with Crippen LogP contribution in [-0.4, -0.2) is 5.17 Å². The van der Waals surface area contributed by atoms with Crippen LogP contribution in [0.5, 0.6) is 0 Å². The standard InChI is InChI=1S/C9H9ClFNO.C2H6/c1-6-4-3-5-7(2)8(6)9(10)12-13-11;1-2/h3-5H,1-2H3;1-2H3/b12-9+;. The Bertz CT molecular complexity index is 319. The molecule has 0 saturated carbocycles. The van der Waals surface area contributed by atoms with Gasteiger partial charge in [0.05, 0.1) is 0 Å². The number of nitrogens with zero attached hydrogens (tertiary/aromatic N) is 1. The summed E-state index contributed by atoms with van der Waals surface area (Å²) in [6.45, 7) is 7.75. The minimum Gasteiger partial charge on any atom is -0.172 e. The summed E-state index contributed by atoms with van der Waals surface area (Å²) in [5, 5.41) is 6.18. The summed E-state index contributed by atoms with van der Waals surface area (Å²) in [6.07, 6.45) is 0. The summed E-state index contributed by atoms with van der Waals surface area (Å²) in [4.78, 5) is 0. The molecule has 0 saturated heterocycles. The third-order valence-electron chi connectivity index (χ3n) is 1.80. The summed E-state index contributed by atoms with van der Waals surface area (Å²) in [7, 11) is 0. The average Bonchev–Trinajstić information content (AvgIpc) is 2.21. The van der Waals surface area contributed by atoms with E-state index in [1.807, 2.05) is 45.9 Å². The molecule has 4 heteroatoms. The lowest BCUT2D eigenvalue weighted by Gasteiger charge is -2.05. The molecule has 0 fully saturated rings. The molecule has 1 rings (SSSR count). The molecule has 0 N–H and O–H groups in total. The lowest BCUT2D eigenvalue weighted by molar-refractivity contribution is -0.130. The van der Waals surface area contributed by atoms with E-state index in [1.54, 1.807) is 0 Å². The summed E-state index contributed by atoms with van der Waals surface area (Å²) >= 11 is 5.70. The molecule has 0 aliphatic rings. The van der Waals surface area contributed by atoms with Crippen molar-refractivity contribution in [2.75, 3.05) is 0 Å². The van der Waals surface area contributed by atoms with Gasteiger partial charge in [-0.05, 0) is 30.1 Å². The molecule has 2 nitrogen and oxygen atoms in total. The van der Waals surface area contributed by atoms with E-state index >= 15 is 0 Å². The highest BCUT2D eigenvalue weighted by Gasteiger charge is 2.07. The van der Waals surface area contributed by atoms with Gasteiger partial charge in [-0.15, -0.1) is 0 Å².